The molecule has 0 spiro atoms. The summed E-state index contributed by atoms with van der Waals surface area (Å²) in [6, 6.07) is 8.23. The fourth-order valence-electron chi connectivity index (χ4n) is 2.54. The summed E-state index contributed by atoms with van der Waals surface area (Å²) >= 11 is 0. The van der Waals surface area contributed by atoms with Crippen molar-refractivity contribution in [3.63, 3.8) is 0 Å². The largest absolute Gasteiger partial charge is 0.459 e. The standard InChI is InChI=1S/C17H24N2O2/c1-5-13-14-8-6-7-9-15(14)21-17(13)12(2)18-11-10-16(20)19(3)4/h6-9,12,18H,5,10-11H2,1-4H3. The van der Waals surface area contributed by atoms with E-state index >= 15 is 0 Å². The smallest absolute Gasteiger partial charge is 0.223 e. The van der Waals surface area contributed by atoms with Crippen molar-refractivity contribution in [3.8, 4) is 0 Å². The number of nitrogens with zero attached hydrogens (tertiary/aromatic N) is 1. The van der Waals surface area contributed by atoms with Gasteiger partial charge in [0.1, 0.15) is 11.3 Å². The summed E-state index contributed by atoms with van der Waals surface area (Å²) in [5.74, 6) is 1.12. The van der Waals surface area contributed by atoms with E-state index in [4.69, 9.17) is 4.42 Å². The minimum atomic E-state index is 0.0994. The molecule has 1 aromatic carbocycles. The van der Waals surface area contributed by atoms with Crippen molar-refractivity contribution in [1.29, 1.82) is 0 Å². The van der Waals surface area contributed by atoms with Crippen LogP contribution in [0.1, 0.15) is 37.6 Å². The average molecular weight is 288 g/mol. The monoisotopic (exact) mass is 288 g/mol. The van der Waals surface area contributed by atoms with Crippen LogP contribution in [-0.2, 0) is 11.2 Å². The van der Waals surface area contributed by atoms with Crippen molar-refractivity contribution in [2.45, 2.75) is 32.7 Å². The fraction of sp³-hybridized carbons (Fsp3) is 0.471. The van der Waals surface area contributed by atoms with E-state index < -0.39 is 0 Å². The lowest BCUT2D eigenvalue weighted by molar-refractivity contribution is -0.128. The SMILES string of the molecule is CCc1c(C(C)NCCC(=O)N(C)C)oc2ccccc12. The minimum Gasteiger partial charge on any atom is -0.459 e. The molecule has 0 aliphatic carbocycles. The second kappa shape index (κ2) is 6.76. The molecule has 1 heterocycles. The number of aryl methyl sites for hydroxylation is 1. The highest BCUT2D eigenvalue weighted by Gasteiger charge is 2.18. The first-order chi connectivity index (χ1) is 10.0. The van der Waals surface area contributed by atoms with Gasteiger partial charge in [0.25, 0.3) is 0 Å². The molecule has 1 atom stereocenters. The van der Waals surface area contributed by atoms with Crippen LogP contribution < -0.4 is 5.32 Å². The molecule has 1 aromatic heterocycles. The Morgan fingerprint density at radius 2 is 2.05 bits per heavy atom. The molecule has 0 saturated heterocycles. The van der Waals surface area contributed by atoms with Crippen molar-refractivity contribution < 1.29 is 9.21 Å². The Hall–Kier alpha value is -1.81. The number of nitrogens with one attached hydrogen (secondary N) is 1. The number of carbonyl (C=O) groups is 1. The summed E-state index contributed by atoms with van der Waals surface area (Å²) in [7, 11) is 3.56. The molecule has 4 heteroatoms. The van der Waals surface area contributed by atoms with E-state index in [1.807, 2.05) is 18.2 Å². The predicted molar refractivity (Wildman–Crippen MR) is 85.3 cm³/mol. The third kappa shape index (κ3) is 3.45. The van der Waals surface area contributed by atoms with Gasteiger partial charge in [0.2, 0.25) is 5.91 Å². The number of rotatable bonds is 6. The Balaban J connectivity index is 2.08. The Labute approximate surface area is 126 Å². The van der Waals surface area contributed by atoms with Crippen LogP contribution in [0.3, 0.4) is 0 Å². The van der Waals surface area contributed by atoms with Gasteiger partial charge < -0.3 is 14.6 Å². The lowest BCUT2D eigenvalue weighted by Gasteiger charge is -2.14. The molecule has 1 amide bonds. The van der Waals surface area contributed by atoms with Crippen LogP contribution in [-0.4, -0.2) is 31.4 Å². The third-order valence-electron chi connectivity index (χ3n) is 3.76. The Morgan fingerprint density at radius 1 is 1.33 bits per heavy atom. The van der Waals surface area contributed by atoms with Gasteiger partial charge in [-0.3, -0.25) is 4.79 Å². The van der Waals surface area contributed by atoms with Gasteiger partial charge >= 0.3 is 0 Å². The molecule has 114 valence electrons. The molecule has 0 saturated carbocycles. The zero-order chi connectivity index (χ0) is 15.4. The van der Waals surface area contributed by atoms with Crippen LogP contribution >= 0.6 is 0 Å². The van der Waals surface area contributed by atoms with Crippen LogP contribution in [0.5, 0.6) is 0 Å². The van der Waals surface area contributed by atoms with Crippen molar-refractivity contribution in [2.75, 3.05) is 20.6 Å². The average Bonchev–Trinajstić information content (AvgIpc) is 2.85. The van der Waals surface area contributed by atoms with Crippen LogP contribution in [0.4, 0.5) is 0 Å². The van der Waals surface area contributed by atoms with Gasteiger partial charge in [-0.2, -0.15) is 0 Å². The Bertz CT molecular complexity index is 616. The first kappa shape index (κ1) is 15.6. The van der Waals surface area contributed by atoms with Crippen molar-refractivity contribution >= 4 is 16.9 Å². The zero-order valence-corrected chi connectivity index (χ0v) is 13.3. The number of hydrogen-bond acceptors (Lipinski definition) is 3. The summed E-state index contributed by atoms with van der Waals surface area (Å²) in [5.41, 5.74) is 2.19. The van der Waals surface area contributed by atoms with Gasteiger partial charge in [-0.25, -0.2) is 0 Å². The Kier molecular flexibility index (Phi) is 5.02. The zero-order valence-electron chi connectivity index (χ0n) is 13.3. The van der Waals surface area contributed by atoms with Crippen LogP contribution in [0.25, 0.3) is 11.0 Å². The number of para-hydroxylation sites is 1. The first-order valence-electron chi connectivity index (χ1n) is 7.48. The molecule has 0 aliphatic heterocycles. The topological polar surface area (TPSA) is 45.5 Å². The van der Waals surface area contributed by atoms with Gasteiger partial charge in [0, 0.05) is 38.0 Å². The molecule has 0 bridgehead atoms. The third-order valence-corrected chi connectivity index (χ3v) is 3.76. The number of carbonyl (C=O) groups excluding carboxylic acids is 1. The molecule has 0 aliphatic rings. The maximum Gasteiger partial charge on any atom is 0.223 e. The molecule has 4 nitrogen and oxygen atoms in total. The molecular formula is C17H24N2O2. The van der Waals surface area contributed by atoms with E-state index in [0.29, 0.717) is 13.0 Å². The molecule has 2 aromatic rings. The van der Waals surface area contributed by atoms with Crippen LogP contribution in [0, 0.1) is 0 Å². The van der Waals surface area contributed by atoms with E-state index in [1.165, 1.54) is 10.9 Å². The fourth-order valence-corrected chi connectivity index (χ4v) is 2.54. The predicted octanol–water partition coefficient (Wildman–Crippen LogP) is 3.12. The second-order valence-electron chi connectivity index (χ2n) is 5.51. The van der Waals surface area contributed by atoms with Crippen molar-refractivity contribution in [2.24, 2.45) is 0 Å². The first-order valence-corrected chi connectivity index (χ1v) is 7.48. The van der Waals surface area contributed by atoms with E-state index in [9.17, 15) is 4.79 Å². The molecule has 21 heavy (non-hydrogen) atoms. The maximum absolute atomic E-state index is 11.6. The molecule has 1 N–H and O–H groups in total. The van der Waals surface area contributed by atoms with E-state index in [-0.39, 0.29) is 11.9 Å². The van der Waals surface area contributed by atoms with E-state index in [1.54, 1.807) is 19.0 Å². The summed E-state index contributed by atoms with van der Waals surface area (Å²) in [6.45, 7) is 4.87. The number of amides is 1. The lowest BCUT2D eigenvalue weighted by atomic mass is 10.1. The summed E-state index contributed by atoms with van der Waals surface area (Å²) in [6.07, 6.45) is 1.44. The summed E-state index contributed by atoms with van der Waals surface area (Å²) in [5, 5.41) is 4.57. The number of fused-ring (bicyclic) bond motifs is 1. The molecule has 2 rings (SSSR count). The Morgan fingerprint density at radius 3 is 2.71 bits per heavy atom. The molecule has 1 unspecified atom stereocenters. The van der Waals surface area contributed by atoms with Gasteiger partial charge in [0.05, 0.1) is 6.04 Å². The maximum atomic E-state index is 11.6. The minimum absolute atomic E-state index is 0.0994. The highest BCUT2D eigenvalue weighted by Crippen LogP contribution is 2.30. The molecule has 0 fully saturated rings. The molecular weight excluding hydrogens is 264 g/mol. The molecule has 0 radical (unpaired) electrons. The van der Waals surface area contributed by atoms with Gasteiger partial charge in [-0.15, -0.1) is 0 Å². The normalized spacial score (nSPS) is 12.6. The lowest BCUT2D eigenvalue weighted by Crippen LogP contribution is -2.28. The van der Waals surface area contributed by atoms with Gasteiger partial charge in [-0.1, -0.05) is 25.1 Å². The van der Waals surface area contributed by atoms with Crippen molar-refractivity contribution in [3.05, 3.63) is 35.6 Å². The van der Waals surface area contributed by atoms with E-state index in [0.717, 1.165) is 17.8 Å². The second-order valence-corrected chi connectivity index (χ2v) is 5.51. The highest BCUT2D eigenvalue weighted by molar-refractivity contribution is 5.82. The highest BCUT2D eigenvalue weighted by atomic mass is 16.3. The van der Waals surface area contributed by atoms with Crippen molar-refractivity contribution in [1.82, 2.24) is 10.2 Å². The number of hydrogen-bond donors (Lipinski definition) is 1. The van der Waals surface area contributed by atoms with E-state index in [2.05, 4.69) is 25.2 Å². The summed E-state index contributed by atoms with van der Waals surface area (Å²) < 4.78 is 6.00. The summed E-state index contributed by atoms with van der Waals surface area (Å²) in [4.78, 5) is 13.2. The van der Waals surface area contributed by atoms with Crippen LogP contribution in [0.15, 0.2) is 28.7 Å². The van der Waals surface area contributed by atoms with Crippen LogP contribution in [0.2, 0.25) is 0 Å². The quantitative estimate of drug-likeness (QED) is 0.888. The van der Waals surface area contributed by atoms with Gasteiger partial charge in [0.15, 0.2) is 0 Å². The number of furan rings is 1. The van der Waals surface area contributed by atoms with Gasteiger partial charge in [-0.05, 0) is 19.4 Å². The number of benzene rings is 1.